The van der Waals surface area contributed by atoms with Crippen LogP contribution in [0.2, 0.25) is 0 Å². The van der Waals surface area contributed by atoms with E-state index in [9.17, 15) is 8.42 Å². The average molecular weight is 373 g/mol. The van der Waals surface area contributed by atoms with Crippen molar-refractivity contribution in [3.05, 3.63) is 51.9 Å². The van der Waals surface area contributed by atoms with Crippen molar-refractivity contribution in [3.63, 3.8) is 0 Å². The van der Waals surface area contributed by atoms with Gasteiger partial charge in [0.1, 0.15) is 16.4 Å². The van der Waals surface area contributed by atoms with E-state index in [-0.39, 0.29) is 18.0 Å². The lowest BCUT2D eigenvalue weighted by Gasteiger charge is -2.17. The Kier molecular flexibility index (Phi) is 4.88. The molecular weight excluding hydrogens is 356 g/mol. The molecule has 1 aromatic carbocycles. The number of halogens is 1. The number of furan rings is 1. The molecule has 0 saturated carbocycles. The topological polar surface area (TPSA) is 76.5 Å². The number of hydrogen-bond acceptors (Lipinski definition) is 4. The van der Waals surface area contributed by atoms with Crippen LogP contribution in [0.25, 0.3) is 0 Å². The molecule has 0 atom stereocenters. The minimum absolute atomic E-state index is 0.164. The minimum Gasteiger partial charge on any atom is -0.464 e. The van der Waals surface area contributed by atoms with Crippen LogP contribution in [-0.2, 0) is 23.1 Å². The van der Waals surface area contributed by atoms with Gasteiger partial charge in [-0.05, 0) is 18.6 Å². The van der Waals surface area contributed by atoms with Crippen LogP contribution >= 0.6 is 15.9 Å². The fourth-order valence-corrected chi connectivity index (χ4v) is 3.74. The number of sulfonamides is 1. The monoisotopic (exact) mass is 372 g/mol. The summed E-state index contributed by atoms with van der Waals surface area (Å²) in [5.41, 5.74) is 6.38. The second-order valence-electron chi connectivity index (χ2n) is 4.69. The number of nitrogens with zero attached hydrogens (tertiary/aromatic N) is 1. The molecule has 2 aromatic rings. The normalized spacial score (nSPS) is 12.0. The van der Waals surface area contributed by atoms with Gasteiger partial charge in [-0.15, -0.1) is 0 Å². The van der Waals surface area contributed by atoms with Gasteiger partial charge in [-0.1, -0.05) is 34.1 Å². The highest BCUT2D eigenvalue weighted by Crippen LogP contribution is 2.25. The number of benzene rings is 1. The fourth-order valence-electron chi connectivity index (χ4n) is 2.00. The Morgan fingerprint density at radius 2 is 2.00 bits per heavy atom. The van der Waals surface area contributed by atoms with Gasteiger partial charge in [0.2, 0.25) is 10.0 Å². The summed E-state index contributed by atoms with van der Waals surface area (Å²) in [5.74, 6) is 0.815. The molecule has 21 heavy (non-hydrogen) atoms. The highest BCUT2D eigenvalue weighted by Gasteiger charge is 2.26. The van der Waals surface area contributed by atoms with Crippen LogP contribution in [0.1, 0.15) is 17.1 Å². The zero-order chi connectivity index (χ0) is 15.6. The number of aryl methyl sites for hydroxylation is 1. The van der Waals surface area contributed by atoms with E-state index < -0.39 is 10.0 Å². The predicted octanol–water partition coefficient (Wildman–Crippen LogP) is 2.63. The summed E-state index contributed by atoms with van der Waals surface area (Å²) < 4.78 is 32.7. The highest BCUT2D eigenvalue weighted by atomic mass is 79.9. The van der Waals surface area contributed by atoms with Gasteiger partial charge in [0.25, 0.3) is 0 Å². The average Bonchev–Trinajstić information content (AvgIpc) is 2.83. The van der Waals surface area contributed by atoms with Crippen LogP contribution in [0.15, 0.2) is 44.1 Å². The van der Waals surface area contributed by atoms with Crippen LogP contribution in [0.3, 0.4) is 0 Å². The molecule has 1 aromatic heterocycles. The van der Waals surface area contributed by atoms with Crippen LogP contribution < -0.4 is 5.73 Å². The molecule has 0 fully saturated rings. The quantitative estimate of drug-likeness (QED) is 0.874. The molecular formula is C14H17BrN2O3S. The Morgan fingerprint density at radius 1 is 1.33 bits per heavy atom. The third-order valence-corrected chi connectivity index (χ3v) is 5.85. The molecule has 0 spiro atoms. The summed E-state index contributed by atoms with van der Waals surface area (Å²) in [5, 5.41) is 0. The van der Waals surface area contributed by atoms with Crippen molar-refractivity contribution in [2.75, 3.05) is 7.05 Å². The van der Waals surface area contributed by atoms with Gasteiger partial charge in [-0.2, -0.15) is 4.31 Å². The first-order chi connectivity index (χ1) is 9.86. The van der Waals surface area contributed by atoms with Crippen LogP contribution in [0.4, 0.5) is 0 Å². The summed E-state index contributed by atoms with van der Waals surface area (Å²) in [6.45, 7) is 2.06. The van der Waals surface area contributed by atoms with Gasteiger partial charge in [0.05, 0.1) is 6.54 Å². The third kappa shape index (κ3) is 3.37. The van der Waals surface area contributed by atoms with E-state index in [1.54, 1.807) is 14.0 Å². The lowest BCUT2D eigenvalue weighted by atomic mass is 10.2. The van der Waals surface area contributed by atoms with Crippen LogP contribution in [0.5, 0.6) is 0 Å². The van der Waals surface area contributed by atoms with E-state index in [0.717, 1.165) is 10.0 Å². The second-order valence-corrected chi connectivity index (χ2v) is 7.56. The molecule has 2 rings (SSSR count). The van der Waals surface area contributed by atoms with Crippen molar-refractivity contribution >= 4 is 26.0 Å². The molecule has 0 aliphatic carbocycles. The SMILES string of the molecule is Cc1oc(CN)cc1S(=O)(=O)N(C)Cc1ccccc1Br. The van der Waals surface area contributed by atoms with E-state index >= 15 is 0 Å². The molecule has 0 amide bonds. The van der Waals surface area contributed by atoms with Crippen molar-refractivity contribution in [1.29, 1.82) is 0 Å². The molecule has 0 aliphatic heterocycles. The Bertz CT molecular complexity index is 740. The lowest BCUT2D eigenvalue weighted by molar-refractivity contribution is 0.456. The van der Waals surface area contributed by atoms with Gasteiger partial charge in [0.15, 0.2) is 0 Å². The molecule has 0 radical (unpaired) electrons. The first kappa shape index (κ1) is 16.2. The van der Waals surface area contributed by atoms with Crippen LogP contribution in [0, 0.1) is 6.92 Å². The summed E-state index contributed by atoms with van der Waals surface area (Å²) in [6, 6.07) is 9.00. The van der Waals surface area contributed by atoms with Crippen molar-refractivity contribution in [2.45, 2.75) is 24.9 Å². The van der Waals surface area contributed by atoms with Crippen molar-refractivity contribution < 1.29 is 12.8 Å². The molecule has 0 aliphatic rings. The van der Waals surface area contributed by atoms with Crippen LogP contribution in [-0.4, -0.2) is 19.8 Å². The van der Waals surface area contributed by atoms with Gasteiger partial charge in [0, 0.05) is 24.1 Å². The van der Waals surface area contributed by atoms with E-state index in [1.165, 1.54) is 10.4 Å². The Morgan fingerprint density at radius 3 is 2.57 bits per heavy atom. The predicted molar refractivity (Wildman–Crippen MR) is 84.1 cm³/mol. The first-order valence-corrected chi connectivity index (χ1v) is 8.58. The fraction of sp³-hybridized carbons (Fsp3) is 0.286. The summed E-state index contributed by atoms with van der Waals surface area (Å²) in [7, 11) is -2.07. The second kappa shape index (κ2) is 6.31. The molecule has 0 unspecified atom stereocenters. The summed E-state index contributed by atoms with van der Waals surface area (Å²) in [4.78, 5) is 0.164. The zero-order valence-electron chi connectivity index (χ0n) is 11.8. The third-order valence-electron chi connectivity index (χ3n) is 3.16. The van der Waals surface area contributed by atoms with E-state index in [4.69, 9.17) is 10.2 Å². The van der Waals surface area contributed by atoms with Gasteiger partial charge < -0.3 is 10.2 Å². The Balaban J connectivity index is 2.30. The maximum Gasteiger partial charge on any atom is 0.246 e. The number of hydrogen-bond donors (Lipinski definition) is 1. The zero-order valence-corrected chi connectivity index (χ0v) is 14.2. The maximum atomic E-state index is 12.6. The number of rotatable bonds is 5. The molecule has 114 valence electrons. The Labute approximate surface area is 132 Å². The van der Waals surface area contributed by atoms with Crippen molar-refractivity contribution in [2.24, 2.45) is 5.73 Å². The minimum atomic E-state index is -3.61. The standard InChI is InChI=1S/C14H17BrN2O3S/c1-10-14(7-12(8-16)20-10)21(18,19)17(2)9-11-5-3-4-6-13(11)15/h3-7H,8-9,16H2,1-2H3. The van der Waals surface area contributed by atoms with Crippen molar-refractivity contribution in [3.8, 4) is 0 Å². The first-order valence-electron chi connectivity index (χ1n) is 6.35. The smallest absolute Gasteiger partial charge is 0.246 e. The molecule has 5 nitrogen and oxygen atoms in total. The number of nitrogens with two attached hydrogens (primary N) is 1. The van der Waals surface area contributed by atoms with E-state index in [1.807, 2.05) is 24.3 Å². The summed E-state index contributed by atoms with van der Waals surface area (Å²) >= 11 is 3.42. The molecule has 0 bridgehead atoms. The largest absolute Gasteiger partial charge is 0.464 e. The Hall–Kier alpha value is -1.15. The van der Waals surface area contributed by atoms with Gasteiger partial charge in [-0.25, -0.2) is 8.42 Å². The maximum absolute atomic E-state index is 12.6. The summed E-state index contributed by atoms with van der Waals surface area (Å²) in [6.07, 6.45) is 0. The van der Waals surface area contributed by atoms with Crippen molar-refractivity contribution in [1.82, 2.24) is 4.31 Å². The van der Waals surface area contributed by atoms with E-state index in [0.29, 0.717) is 11.5 Å². The van der Waals surface area contributed by atoms with Gasteiger partial charge in [-0.3, -0.25) is 0 Å². The molecule has 0 saturated heterocycles. The molecule has 2 N–H and O–H groups in total. The van der Waals surface area contributed by atoms with E-state index in [2.05, 4.69) is 15.9 Å². The van der Waals surface area contributed by atoms with Gasteiger partial charge >= 0.3 is 0 Å². The lowest BCUT2D eigenvalue weighted by Crippen LogP contribution is -2.26. The molecule has 7 heteroatoms. The molecule has 1 heterocycles. The highest BCUT2D eigenvalue weighted by molar-refractivity contribution is 9.10.